The third kappa shape index (κ3) is 2.95. The van der Waals surface area contributed by atoms with E-state index in [9.17, 15) is 19.8 Å². The van der Waals surface area contributed by atoms with Crippen molar-refractivity contribution in [3.63, 3.8) is 0 Å². The summed E-state index contributed by atoms with van der Waals surface area (Å²) in [5.41, 5.74) is 2.16. The van der Waals surface area contributed by atoms with Gasteiger partial charge in [-0.15, -0.1) is 0 Å². The van der Waals surface area contributed by atoms with Crippen LogP contribution < -0.4 is 4.74 Å². The summed E-state index contributed by atoms with van der Waals surface area (Å²) in [6.45, 7) is 0.592. The Bertz CT molecular complexity index is 1070. The third-order valence-electron chi connectivity index (χ3n) is 6.35. The van der Waals surface area contributed by atoms with E-state index in [1.54, 1.807) is 41.3 Å². The number of aliphatic hydroxyl groups excluding tert-OH is 1. The number of aliphatic hydroxyl groups is 1. The fraction of sp³-hybridized carbons (Fsp3) is 0.333. The lowest BCUT2D eigenvalue weighted by Crippen LogP contribution is -2.37. The normalized spacial score (nSPS) is 23.1. The molecule has 1 unspecified atom stereocenters. The van der Waals surface area contributed by atoms with Crippen molar-refractivity contribution >= 4 is 17.4 Å². The topological polar surface area (TPSA) is 87.1 Å². The maximum atomic E-state index is 13.1. The van der Waals surface area contributed by atoms with E-state index in [0.717, 1.165) is 43.4 Å². The van der Waals surface area contributed by atoms with Crippen molar-refractivity contribution < 1.29 is 24.5 Å². The van der Waals surface area contributed by atoms with E-state index in [1.807, 2.05) is 6.07 Å². The molecular formula is C24H23NO5. The first-order valence-electron chi connectivity index (χ1n) is 10.4. The highest BCUT2D eigenvalue weighted by Gasteiger charge is 2.49. The molecule has 0 aromatic heterocycles. The number of carbonyl (C=O) groups is 2. The number of hydrogen-bond donors (Lipinski definition) is 2. The molecule has 2 aromatic carbocycles. The summed E-state index contributed by atoms with van der Waals surface area (Å²) in [5.74, 6) is -0.607. The van der Waals surface area contributed by atoms with Crippen LogP contribution in [0.4, 0.5) is 0 Å². The first kappa shape index (κ1) is 18.7. The Labute approximate surface area is 174 Å². The summed E-state index contributed by atoms with van der Waals surface area (Å²) in [6.07, 6.45) is 4.41. The van der Waals surface area contributed by atoms with E-state index >= 15 is 0 Å². The predicted octanol–water partition coefficient (Wildman–Crippen LogP) is 3.69. The van der Waals surface area contributed by atoms with Crippen molar-refractivity contribution in [3.05, 3.63) is 64.7 Å². The van der Waals surface area contributed by atoms with Crippen molar-refractivity contribution in [2.75, 3.05) is 6.61 Å². The van der Waals surface area contributed by atoms with E-state index in [-0.39, 0.29) is 23.1 Å². The van der Waals surface area contributed by atoms with Gasteiger partial charge in [-0.1, -0.05) is 25.0 Å². The Kier molecular flexibility index (Phi) is 4.50. The van der Waals surface area contributed by atoms with Gasteiger partial charge < -0.3 is 19.8 Å². The Morgan fingerprint density at radius 2 is 1.87 bits per heavy atom. The van der Waals surface area contributed by atoms with Gasteiger partial charge in [0.2, 0.25) is 0 Å². The largest absolute Gasteiger partial charge is 0.508 e. The SMILES string of the molecule is O=C1C(=O)N(C2CCCC2)C(c2cccc(O)c2)/C1=C(/O)c1ccc2c(c1)CCO2. The van der Waals surface area contributed by atoms with Crippen LogP contribution in [0.2, 0.25) is 0 Å². The van der Waals surface area contributed by atoms with Gasteiger partial charge in [0.25, 0.3) is 11.7 Å². The minimum absolute atomic E-state index is 0.0486. The molecule has 30 heavy (non-hydrogen) atoms. The third-order valence-corrected chi connectivity index (χ3v) is 6.35. The van der Waals surface area contributed by atoms with Gasteiger partial charge in [-0.3, -0.25) is 9.59 Å². The average molecular weight is 405 g/mol. The first-order valence-corrected chi connectivity index (χ1v) is 10.4. The summed E-state index contributed by atoms with van der Waals surface area (Å²) < 4.78 is 5.53. The minimum atomic E-state index is -0.718. The highest BCUT2D eigenvalue weighted by atomic mass is 16.5. The van der Waals surface area contributed by atoms with Crippen LogP contribution in [-0.2, 0) is 16.0 Å². The van der Waals surface area contributed by atoms with Crippen molar-refractivity contribution in [3.8, 4) is 11.5 Å². The molecule has 2 heterocycles. The molecule has 154 valence electrons. The number of fused-ring (bicyclic) bond motifs is 1. The Balaban J connectivity index is 1.67. The maximum Gasteiger partial charge on any atom is 0.295 e. The number of nitrogens with zero attached hydrogens (tertiary/aromatic N) is 1. The van der Waals surface area contributed by atoms with Crippen LogP contribution in [0.25, 0.3) is 5.76 Å². The van der Waals surface area contributed by atoms with E-state index in [4.69, 9.17) is 4.74 Å². The summed E-state index contributed by atoms with van der Waals surface area (Å²) in [6, 6.07) is 11.1. The minimum Gasteiger partial charge on any atom is -0.508 e. The van der Waals surface area contributed by atoms with Crippen LogP contribution in [0.15, 0.2) is 48.0 Å². The van der Waals surface area contributed by atoms with Gasteiger partial charge in [-0.05, 0) is 54.3 Å². The van der Waals surface area contributed by atoms with Crippen molar-refractivity contribution in [1.82, 2.24) is 4.90 Å². The molecule has 1 atom stereocenters. The van der Waals surface area contributed by atoms with Gasteiger partial charge in [-0.25, -0.2) is 0 Å². The van der Waals surface area contributed by atoms with Gasteiger partial charge in [0, 0.05) is 18.0 Å². The van der Waals surface area contributed by atoms with Crippen LogP contribution in [0.3, 0.4) is 0 Å². The average Bonchev–Trinajstić information content (AvgIpc) is 3.47. The zero-order valence-electron chi connectivity index (χ0n) is 16.5. The number of phenolic OH excluding ortho intramolecular Hbond substituents is 1. The summed E-state index contributed by atoms with van der Waals surface area (Å²) in [4.78, 5) is 27.8. The molecule has 2 N–H and O–H groups in total. The quantitative estimate of drug-likeness (QED) is 0.462. The number of phenols is 1. The van der Waals surface area contributed by atoms with E-state index in [1.165, 1.54) is 0 Å². The highest BCUT2D eigenvalue weighted by Crippen LogP contribution is 2.44. The smallest absolute Gasteiger partial charge is 0.295 e. The number of likely N-dealkylation sites (tertiary alicyclic amines) is 1. The molecule has 2 aromatic rings. The monoisotopic (exact) mass is 405 g/mol. The number of hydrogen-bond acceptors (Lipinski definition) is 5. The molecule has 1 amide bonds. The fourth-order valence-electron chi connectivity index (χ4n) is 4.92. The predicted molar refractivity (Wildman–Crippen MR) is 110 cm³/mol. The Morgan fingerprint density at radius 3 is 2.63 bits per heavy atom. The number of amides is 1. The van der Waals surface area contributed by atoms with Gasteiger partial charge in [0.1, 0.15) is 17.3 Å². The van der Waals surface area contributed by atoms with Crippen LogP contribution in [-0.4, -0.2) is 39.5 Å². The molecule has 1 saturated heterocycles. The molecule has 2 fully saturated rings. The number of aromatic hydroxyl groups is 1. The fourth-order valence-corrected chi connectivity index (χ4v) is 4.92. The van der Waals surface area contributed by atoms with Gasteiger partial charge in [-0.2, -0.15) is 0 Å². The van der Waals surface area contributed by atoms with Crippen molar-refractivity contribution in [2.24, 2.45) is 0 Å². The molecule has 1 saturated carbocycles. The zero-order valence-corrected chi connectivity index (χ0v) is 16.5. The lowest BCUT2D eigenvalue weighted by molar-refractivity contribution is -0.141. The molecule has 0 spiro atoms. The Hall–Kier alpha value is -3.28. The van der Waals surface area contributed by atoms with Gasteiger partial charge >= 0.3 is 0 Å². The molecule has 0 radical (unpaired) electrons. The molecule has 6 nitrogen and oxygen atoms in total. The number of benzene rings is 2. The summed E-state index contributed by atoms with van der Waals surface area (Å²) in [7, 11) is 0. The van der Waals surface area contributed by atoms with Crippen LogP contribution >= 0.6 is 0 Å². The molecule has 5 rings (SSSR count). The molecule has 0 bridgehead atoms. The molecule has 2 aliphatic heterocycles. The zero-order chi connectivity index (χ0) is 20.8. The second-order valence-corrected chi connectivity index (χ2v) is 8.16. The molecule has 3 aliphatic rings. The molecule has 6 heteroatoms. The lowest BCUT2D eigenvalue weighted by atomic mass is 9.94. The van der Waals surface area contributed by atoms with E-state index in [0.29, 0.717) is 17.7 Å². The number of rotatable bonds is 3. The first-order chi connectivity index (χ1) is 14.5. The van der Waals surface area contributed by atoms with E-state index in [2.05, 4.69) is 0 Å². The van der Waals surface area contributed by atoms with Crippen molar-refractivity contribution in [2.45, 2.75) is 44.2 Å². The summed E-state index contributed by atoms with van der Waals surface area (Å²) >= 11 is 0. The highest BCUT2D eigenvalue weighted by molar-refractivity contribution is 6.46. The van der Waals surface area contributed by atoms with Crippen LogP contribution in [0.1, 0.15) is 48.4 Å². The molecular weight excluding hydrogens is 382 g/mol. The second-order valence-electron chi connectivity index (χ2n) is 8.16. The number of ketones is 1. The number of Topliss-reactive ketones (excluding diaryl/α,β-unsaturated/α-hetero) is 1. The Morgan fingerprint density at radius 1 is 1.07 bits per heavy atom. The van der Waals surface area contributed by atoms with Gasteiger partial charge in [0.15, 0.2) is 0 Å². The van der Waals surface area contributed by atoms with Crippen molar-refractivity contribution in [1.29, 1.82) is 0 Å². The lowest BCUT2D eigenvalue weighted by Gasteiger charge is -2.30. The molecule has 1 aliphatic carbocycles. The van der Waals surface area contributed by atoms with Gasteiger partial charge in [0.05, 0.1) is 18.2 Å². The number of ether oxygens (including phenoxy) is 1. The maximum absolute atomic E-state index is 13.1. The van der Waals surface area contributed by atoms with E-state index < -0.39 is 17.7 Å². The van der Waals surface area contributed by atoms with Crippen LogP contribution in [0, 0.1) is 0 Å². The van der Waals surface area contributed by atoms with Crippen LogP contribution in [0.5, 0.6) is 11.5 Å². The summed E-state index contributed by atoms with van der Waals surface area (Å²) in [5, 5.41) is 21.2. The second kappa shape index (κ2) is 7.20. The number of carbonyl (C=O) groups excluding carboxylic acids is 2. The standard InChI is InChI=1S/C24H23NO5/c26-18-7-3-4-15(13-18)21-20(23(28)24(29)25(21)17-5-1-2-6-17)22(27)16-8-9-19-14(12-16)10-11-30-19/h3-4,7-9,12-13,17,21,26-27H,1-2,5-6,10-11H2/b22-20-.